The summed E-state index contributed by atoms with van der Waals surface area (Å²) in [6.45, 7) is 3.85. The van der Waals surface area contributed by atoms with E-state index >= 15 is 0 Å². The molecule has 0 aliphatic heterocycles. The molecule has 0 aliphatic carbocycles. The van der Waals surface area contributed by atoms with Gasteiger partial charge in [0.1, 0.15) is 6.67 Å². The largest absolute Gasteiger partial charge is 0.361 e. The third-order valence-corrected chi connectivity index (χ3v) is 1.06. The Kier molecular flexibility index (Phi) is 5.20. The Morgan fingerprint density at radius 1 is 1.60 bits per heavy atom. The Morgan fingerprint density at radius 3 is 2.60 bits per heavy atom. The summed E-state index contributed by atoms with van der Waals surface area (Å²) < 4.78 is 11.5. The third kappa shape index (κ3) is 5.75. The SMILES string of the molecule is CC(C)NC(=S)NCCF. The van der Waals surface area contributed by atoms with E-state index in [1.54, 1.807) is 0 Å². The van der Waals surface area contributed by atoms with Crippen molar-refractivity contribution in [3.8, 4) is 0 Å². The van der Waals surface area contributed by atoms with Crippen LogP contribution in [0.15, 0.2) is 0 Å². The highest BCUT2D eigenvalue weighted by Crippen LogP contribution is 1.76. The molecule has 0 saturated heterocycles. The molecule has 4 heteroatoms. The van der Waals surface area contributed by atoms with Crippen LogP contribution in [0.2, 0.25) is 0 Å². The molecule has 0 atom stereocenters. The minimum atomic E-state index is -0.389. The second-order valence-electron chi connectivity index (χ2n) is 2.24. The Labute approximate surface area is 66.2 Å². The summed E-state index contributed by atoms with van der Waals surface area (Å²) in [7, 11) is 0. The Morgan fingerprint density at radius 2 is 2.20 bits per heavy atom. The van der Waals surface area contributed by atoms with Gasteiger partial charge in [0.05, 0.1) is 0 Å². The first-order valence-electron chi connectivity index (χ1n) is 3.27. The number of hydrogen-bond donors (Lipinski definition) is 2. The highest BCUT2D eigenvalue weighted by molar-refractivity contribution is 7.80. The van der Waals surface area contributed by atoms with Gasteiger partial charge in [0.2, 0.25) is 0 Å². The molecule has 0 amide bonds. The average molecular weight is 164 g/mol. The summed E-state index contributed by atoms with van der Waals surface area (Å²) in [5, 5.41) is 6.16. The van der Waals surface area contributed by atoms with Crippen molar-refractivity contribution in [2.75, 3.05) is 13.2 Å². The zero-order chi connectivity index (χ0) is 7.98. The minimum Gasteiger partial charge on any atom is -0.361 e. The van der Waals surface area contributed by atoms with Crippen molar-refractivity contribution in [3.63, 3.8) is 0 Å². The summed E-state index contributed by atoms with van der Waals surface area (Å²) >= 11 is 4.81. The van der Waals surface area contributed by atoms with E-state index in [4.69, 9.17) is 12.2 Å². The molecule has 2 N–H and O–H groups in total. The van der Waals surface area contributed by atoms with Crippen LogP contribution in [0.25, 0.3) is 0 Å². The van der Waals surface area contributed by atoms with E-state index in [1.165, 1.54) is 0 Å². The predicted molar refractivity (Wildman–Crippen MR) is 44.8 cm³/mol. The van der Waals surface area contributed by atoms with Crippen LogP contribution in [0, 0.1) is 0 Å². The highest BCUT2D eigenvalue weighted by Gasteiger charge is 1.95. The van der Waals surface area contributed by atoms with E-state index in [-0.39, 0.29) is 6.67 Å². The number of thiocarbonyl (C=S) groups is 1. The minimum absolute atomic E-state index is 0.290. The van der Waals surface area contributed by atoms with Crippen molar-refractivity contribution in [1.29, 1.82) is 0 Å². The van der Waals surface area contributed by atoms with Crippen molar-refractivity contribution >= 4 is 17.3 Å². The van der Waals surface area contributed by atoms with Crippen LogP contribution in [0.5, 0.6) is 0 Å². The highest BCUT2D eigenvalue weighted by atomic mass is 32.1. The topological polar surface area (TPSA) is 24.1 Å². The number of alkyl halides is 1. The van der Waals surface area contributed by atoms with E-state index in [0.717, 1.165) is 0 Å². The fourth-order valence-electron chi connectivity index (χ4n) is 0.474. The quantitative estimate of drug-likeness (QED) is 0.604. The predicted octanol–water partition coefficient (Wildman–Crippen LogP) is 0.828. The second kappa shape index (κ2) is 5.41. The second-order valence-corrected chi connectivity index (χ2v) is 2.65. The molecule has 0 heterocycles. The summed E-state index contributed by atoms with van der Waals surface area (Å²) in [6, 6.07) is 0.305. The van der Waals surface area contributed by atoms with E-state index in [1.807, 2.05) is 13.8 Å². The van der Waals surface area contributed by atoms with Crippen molar-refractivity contribution < 1.29 is 4.39 Å². The van der Waals surface area contributed by atoms with Crippen LogP contribution in [0.4, 0.5) is 4.39 Å². The lowest BCUT2D eigenvalue weighted by atomic mass is 10.4. The zero-order valence-electron chi connectivity index (χ0n) is 6.28. The van der Waals surface area contributed by atoms with Gasteiger partial charge in [-0.3, -0.25) is 0 Å². The molecule has 0 aromatic heterocycles. The maximum Gasteiger partial charge on any atom is 0.166 e. The lowest BCUT2D eigenvalue weighted by Gasteiger charge is -2.11. The standard InChI is InChI=1S/C6H13FN2S/c1-5(2)9-6(10)8-4-3-7/h5H,3-4H2,1-2H3,(H2,8,9,10). The molecular formula is C6H13FN2S. The summed E-state index contributed by atoms with van der Waals surface area (Å²) in [5.41, 5.74) is 0. The molecule has 0 unspecified atom stereocenters. The third-order valence-electron chi connectivity index (χ3n) is 0.800. The molecule has 0 bridgehead atoms. The Hall–Kier alpha value is -0.380. The molecule has 0 radical (unpaired) electrons. The monoisotopic (exact) mass is 164 g/mol. The molecular weight excluding hydrogens is 151 g/mol. The molecule has 60 valence electrons. The normalized spacial score (nSPS) is 9.60. The summed E-state index contributed by atoms with van der Waals surface area (Å²) in [5.74, 6) is 0. The van der Waals surface area contributed by atoms with Gasteiger partial charge in [-0.2, -0.15) is 0 Å². The van der Waals surface area contributed by atoms with Crippen LogP contribution >= 0.6 is 12.2 Å². The van der Waals surface area contributed by atoms with Gasteiger partial charge in [-0.25, -0.2) is 4.39 Å². The van der Waals surface area contributed by atoms with Gasteiger partial charge in [-0.15, -0.1) is 0 Å². The van der Waals surface area contributed by atoms with Crippen LogP contribution < -0.4 is 10.6 Å². The molecule has 0 fully saturated rings. The molecule has 0 aromatic rings. The smallest absolute Gasteiger partial charge is 0.166 e. The zero-order valence-corrected chi connectivity index (χ0v) is 7.09. The summed E-state index contributed by atoms with van der Waals surface area (Å²) in [6.07, 6.45) is 0. The molecule has 10 heavy (non-hydrogen) atoms. The first-order valence-corrected chi connectivity index (χ1v) is 3.68. The fourth-order valence-corrected chi connectivity index (χ4v) is 0.812. The first kappa shape index (κ1) is 9.62. The van der Waals surface area contributed by atoms with Gasteiger partial charge in [0, 0.05) is 12.6 Å². The Balaban J connectivity index is 3.26. The molecule has 0 aromatic carbocycles. The molecule has 0 saturated carbocycles. The van der Waals surface area contributed by atoms with Crippen molar-refractivity contribution in [2.45, 2.75) is 19.9 Å². The first-order chi connectivity index (χ1) is 4.66. The lowest BCUT2D eigenvalue weighted by Crippen LogP contribution is -2.39. The van der Waals surface area contributed by atoms with E-state index in [0.29, 0.717) is 17.7 Å². The van der Waals surface area contributed by atoms with Crippen molar-refractivity contribution in [3.05, 3.63) is 0 Å². The van der Waals surface area contributed by atoms with Gasteiger partial charge < -0.3 is 10.6 Å². The molecule has 0 rings (SSSR count). The summed E-state index contributed by atoms with van der Waals surface area (Å²) in [4.78, 5) is 0. The number of rotatable bonds is 3. The number of nitrogens with one attached hydrogen (secondary N) is 2. The van der Waals surface area contributed by atoms with Crippen LogP contribution in [0.3, 0.4) is 0 Å². The molecule has 0 spiro atoms. The maximum atomic E-state index is 11.5. The van der Waals surface area contributed by atoms with Gasteiger partial charge in [0.25, 0.3) is 0 Å². The van der Waals surface area contributed by atoms with Crippen LogP contribution in [-0.2, 0) is 0 Å². The lowest BCUT2D eigenvalue weighted by molar-refractivity contribution is 0.489. The maximum absolute atomic E-state index is 11.5. The van der Waals surface area contributed by atoms with Gasteiger partial charge in [-0.1, -0.05) is 0 Å². The van der Waals surface area contributed by atoms with Gasteiger partial charge in [-0.05, 0) is 26.1 Å². The molecule has 2 nitrogen and oxygen atoms in total. The van der Waals surface area contributed by atoms with Gasteiger partial charge >= 0.3 is 0 Å². The van der Waals surface area contributed by atoms with Crippen LogP contribution in [0.1, 0.15) is 13.8 Å². The van der Waals surface area contributed by atoms with E-state index in [2.05, 4.69) is 10.6 Å². The fraction of sp³-hybridized carbons (Fsp3) is 0.833. The van der Waals surface area contributed by atoms with Gasteiger partial charge in [0.15, 0.2) is 5.11 Å². The van der Waals surface area contributed by atoms with Crippen LogP contribution in [-0.4, -0.2) is 24.4 Å². The van der Waals surface area contributed by atoms with E-state index < -0.39 is 0 Å². The molecule has 0 aliphatic rings. The van der Waals surface area contributed by atoms with Crippen molar-refractivity contribution in [1.82, 2.24) is 10.6 Å². The van der Waals surface area contributed by atoms with E-state index in [9.17, 15) is 4.39 Å². The average Bonchev–Trinajstić information content (AvgIpc) is 1.82. The van der Waals surface area contributed by atoms with Crippen molar-refractivity contribution in [2.24, 2.45) is 0 Å². The number of hydrogen-bond acceptors (Lipinski definition) is 1. The Bertz CT molecular complexity index is 106. The number of halogens is 1.